The van der Waals surface area contributed by atoms with Gasteiger partial charge in [-0.15, -0.1) is 11.3 Å². The molecule has 0 saturated heterocycles. The topological polar surface area (TPSA) is 68.0 Å². The lowest BCUT2D eigenvalue weighted by Crippen LogP contribution is -2.13. The third-order valence-electron chi connectivity index (χ3n) is 3.40. The number of amides is 1. The molecule has 5 nitrogen and oxygen atoms in total. The van der Waals surface area contributed by atoms with Gasteiger partial charge in [0, 0.05) is 14.9 Å². The molecule has 0 aliphatic rings. The van der Waals surface area contributed by atoms with E-state index in [9.17, 15) is 4.79 Å². The first-order valence-corrected chi connectivity index (χ1v) is 8.54. The fourth-order valence-corrected chi connectivity index (χ4v) is 3.39. The number of nitrogens with zero attached hydrogens (tertiary/aromatic N) is 2. The van der Waals surface area contributed by atoms with Crippen molar-refractivity contribution in [3.8, 4) is 11.3 Å². The minimum absolute atomic E-state index is 0.252. The van der Waals surface area contributed by atoms with Crippen molar-refractivity contribution in [2.75, 3.05) is 5.32 Å². The second-order valence-corrected chi connectivity index (χ2v) is 7.20. The Kier molecular flexibility index (Phi) is 4.32. The van der Waals surface area contributed by atoms with Crippen LogP contribution >= 0.6 is 27.3 Å². The highest BCUT2D eigenvalue weighted by Crippen LogP contribution is 2.31. The van der Waals surface area contributed by atoms with E-state index < -0.39 is 0 Å². The zero-order chi connectivity index (χ0) is 16.6. The Morgan fingerprint density at radius 2 is 1.91 bits per heavy atom. The van der Waals surface area contributed by atoms with Crippen LogP contribution in [0.25, 0.3) is 11.3 Å². The van der Waals surface area contributed by atoms with Crippen molar-refractivity contribution < 1.29 is 9.32 Å². The number of halogens is 1. The summed E-state index contributed by atoms with van der Waals surface area (Å²) >= 11 is 4.87. The smallest absolute Gasteiger partial charge is 0.262 e. The first kappa shape index (κ1) is 15.9. The molecule has 1 N–H and O–H groups in total. The summed E-state index contributed by atoms with van der Waals surface area (Å²) in [5, 5.41) is 7.19. The standard InChI is InChI=1S/C16H14BrN3O2S/c1-8-13(9(2)22-20-8)15(21)19-16-18-14(10(3)23-16)11-4-6-12(17)7-5-11/h4-7H,1-3H3,(H,18,19,21). The van der Waals surface area contributed by atoms with E-state index in [1.54, 1.807) is 13.8 Å². The van der Waals surface area contributed by atoms with E-state index in [0.29, 0.717) is 22.1 Å². The highest BCUT2D eigenvalue weighted by atomic mass is 79.9. The molecule has 3 aromatic rings. The maximum absolute atomic E-state index is 12.4. The Morgan fingerprint density at radius 1 is 1.22 bits per heavy atom. The molecule has 2 aromatic heterocycles. The van der Waals surface area contributed by atoms with Crippen molar-refractivity contribution in [1.82, 2.24) is 10.1 Å². The average Bonchev–Trinajstić information content (AvgIpc) is 3.02. The summed E-state index contributed by atoms with van der Waals surface area (Å²) in [6, 6.07) is 7.92. The van der Waals surface area contributed by atoms with Crippen molar-refractivity contribution >= 4 is 38.3 Å². The molecule has 0 spiro atoms. The third kappa shape index (κ3) is 3.20. The normalized spacial score (nSPS) is 10.8. The van der Waals surface area contributed by atoms with Crippen molar-refractivity contribution in [2.24, 2.45) is 0 Å². The number of thiazole rings is 1. The second-order valence-electron chi connectivity index (χ2n) is 5.08. The lowest BCUT2D eigenvalue weighted by Gasteiger charge is -2.00. The minimum Gasteiger partial charge on any atom is -0.361 e. The lowest BCUT2D eigenvalue weighted by atomic mass is 10.1. The van der Waals surface area contributed by atoms with Crippen molar-refractivity contribution in [2.45, 2.75) is 20.8 Å². The van der Waals surface area contributed by atoms with Crippen LogP contribution in [0.15, 0.2) is 33.3 Å². The maximum Gasteiger partial charge on any atom is 0.262 e. The summed E-state index contributed by atoms with van der Waals surface area (Å²) in [5.74, 6) is 0.249. The van der Waals surface area contributed by atoms with E-state index in [1.807, 2.05) is 31.2 Å². The number of nitrogens with one attached hydrogen (secondary N) is 1. The summed E-state index contributed by atoms with van der Waals surface area (Å²) < 4.78 is 6.05. The molecule has 0 saturated carbocycles. The largest absolute Gasteiger partial charge is 0.361 e. The highest BCUT2D eigenvalue weighted by Gasteiger charge is 2.19. The molecule has 3 rings (SSSR count). The summed E-state index contributed by atoms with van der Waals surface area (Å²) in [6.07, 6.45) is 0. The van der Waals surface area contributed by atoms with Gasteiger partial charge in [0.25, 0.3) is 5.91 Å². The Hall–Kier alpha value is -1.99. The maximum atomic E-state index is 12.4. The van der Waals surface area contributed by atoms with Gasteiger partial charge in [0.2, 0.25) is 0 Å². The summed E-state index contributed by atoms with van der Waals surface area (Å²) in [6.45, 7) is 5.45. The van der Waals surface area contributed by atoms with Gasteiger partial charge in [0.05, 0.1) is 11.4 Å². The number of hydrogen-bond acceptors (Lipinski definition) is 5. The van der Waals surface area contributed by atoms with Gasteiger partial charge in [-0.05, 0) is 32.9 Å². The number of rotatable bonds is 3. The van der Waals surface area contributed by atoms with E-state index in [4.69, 9.17) is 4.52 Å². The number of carbonyl (C=O) groups excluding carboxylic acids is 1. The molecule has 2 heterocycles. The number of aromatic nitrogens is 2. The Bertz CT molecular complexity index is 849. The van der Waals surface area contributed by atoms with Gasteiger partial charge in [0.15, 0.2) is 5.13 Å². The number of anilines is 1. The monoisotopic (exact) mass is 391 g/mol. The molecule has 23 heavy (non-hydrogen) atoms. The van der Waals surface area contributed by atoms with Crippen LogP contribution in [0.4, 0.5) is 5.13 Å². The van der Waals surface area contributed by atoms with Gasteiger partial charge < -0.3 is 4.52 Å². The van der Waals surface area contributed by atoms with Crippen LogP contribution < -0.4 is 5.32 Å². The van der Waals surface area contributed by atoms with Crippen molar-refractivity contribution in [3.63, 3.8) is 0 Å². The van der Waals surface area contributed by atoms with Gasteiger partial charge in [-0.1, -0.05) is 33.2 Å². The molecule has 0 atom stereocenters. The molecular formula is C16H14BrN3O2S. The quantitative estimate of drug-likeness (QED) is 0.699. The number of carbonyl (C=O) groups is 1. The number of aryl methyl sites for hydroxylation is 3. The fourth-order valence-electron chi connectivity index (χ4n) is 2.29. The van der Waals surface area contributed by atoms with Crippen molar-refractivity contribution in [1.29, 1.82) is 0 Å². The average molecular weight is 392 g/mol. The Morgan fingerprint density at radius 3 is 2.52 bits per heavy atom. The molecule has 0 aliphatic heterocycles. The predicted octanol–water partition coefficient (Wildman–Crippen LogP) is 4.74. The van der Waals surface area contributed by atoms with Crippen LogP contribution in [0.1, 0.15) is 26.7 Å². The molecule has 7 heteroatoms. The minimum atomic E-state index is -0.252. The van der Waals surface area contributed by atoms with Gasteiger partial charge in [-0.3, -0.25) is 10.1 Å². The molecule has 118 valence electrons. The third-order valence-corrected chi connectivity index (χ3v) is 4.81. The summed E-state index contributed by atoms with van der Waals surface area (Å²) in [7, 11) is 0. The first-order valence-electron chi connectivity index (χ1n) is 6.93. The van der Waals surface area contributed by atoms with Crippen molar-refractivity contribution in [3.05, 3.63) is 50.6 Å². The van der Waals surface area contributed by atoms with Crippen LogP contribution in [0.3, 0.4) is 0 Å². The van der Waals surface area contributed by atoms with Crippen LogP contribution in [-0.2, 0) is 0 Å². The SMILES string of the molecule is Cc1noc(C)c1C(=O)Nc1nc(-c2ccc(Br)cc2)c(C)s1. The van der Waals surface area contributed by atoms with Crippen LogP contribution in [0, 0.1) is 20.8 Å². The van der Waals surface area contributed by atoms with Crippen LogP contribution in [0.5, 0.6) is 0 Å². The van der Waals surface area contributed by atoms with Gasteiger partial charge in [-0.25, -0.2) is 4.98 Å². The Labute approximate surface area is 145 Å². The predicted molar refractivity (Wildman–Crippen MR) is 93.9 cm³/mol. The van der Waals surface area contributed by atoms with E-state index in [1.165, 1.54) is 11.3 Å². The summed E-state index contributed by atoms with van der Waals surface area (Å²) in [5.41, 5.74) is 2.92. The van der Waals surface area contributed by atoms with E-state index in [0.717, 1.165) is 20.6 Å². The first-order chi connectivity index (χ1) is 11.0. The van der Waals surface area contributed by atoms with Crippen LogP contribution in [-0.4, -0.2) is 16.0 Å². The number of benzene rings is 1. The molecule has 0 fully saturated rings. The molecule has 1 amide bonds. The molecule has 0 aliphatic carbocycles. The van der Waals surface area contributed by atoms with E-state index in [2.05, 4.69) is 31.4 Å². The zero-order valence-corrected chi connectivity index (χ0v) is 15.2. The van der Waals surface area contributed by atoms with Gasteiger partial charge >= 0.3 is 0 Å². The highest BCUT2D eigenvalue weighted by molar-refractivity contribution is 9.10. The molecule has 0 unspecified atom stereocenters. The molecule has 1 aromatic carbocycles. The second kappa shape index (κ2) is 6.25. The van der Waals surface area contributed by atoms with E-state index in [-0.39, 0.29) is 5.91 Å². The fraction of sp³-hybridized carbons (Fsp3) is 0.188. The lowest BCUT2D eigenvalue weighted by molar-refractivity contribution is 0.102. The molecular weight excluding hydrogens is 378 g/mol. The van der Waals surface area contributed by atoms with Crippen LogP contribution in [0.2, 0.25) is 0 Å². The zero-order valence-electron chi connectivity index (χ0n) is 12.8. The van der Waals surface area contributed by atoms with E-state index >= 15 is 0 Å². The Balaban J connectivity index is 1.87. The summed E-state index contributed by atoms with van der Waals surface area (Å²) in [4.78, 5) is 18.0. The van der Waals surface area contributed by atoms with Gasteiger partial charge in [0.1, 0.15) is 11.3 Å². The molecule has 0 radical (unpaired) electrons. The van der Waals surface area contributed by atoms with Gasteiger partial charge in [-0.2, -0.15) is 0 Å². The molecule has 0 bridgehead atoms. The number of hydrogen-bond donors (Lipinski definition) is 1.